The summed E-state index contributed by atoms with van der Waals surface area (Å²) in [5.74, 6) is 0.749. The van der Waals surface area contributed by atoms with Crippen LogP contribution in [-0.4, -0.2) is 38.4 Å². The van der Waals surface area contributed by atoms with Crippen LogP contribution in [0.1, 0.15) is 5.56 Å². The second kappa shape index (κ2) is 5.89. The molecular weight excluding hydrogens is 222 g/mol. The van der Waals surface area contributed by atoms with Gasteiger partial charge in [-0.25, -0.2) is 0 Å². The number of methoxy groups -OCH3 is 2. The fourth-order valence-corrected chi connectivity index (χ4v) is 1.43. The minimum absolute atomic E-state index is 0.284. The van der Waals surface area contributed by atoms with E-state index in [1.54, 1.807) is 39.5 Å². The van der Waals surface area contributed by atoms with Gasteiger partial charge in [0.15, 0.2) is 0 Å². The second-order valence-corrected chi connectivity index (χ2v) is 3.49. The predicted molar refractivity (Wildman–Crippen MR) is 62.1 cm³/mol. The van der Waals surface area contributed by atoms with Gasteiger partial charge in [-0.05, 0) is 18.2 Å². The first-order valence-electron chi connectivity index (χ1n) is 5.03. The fraction of sp³-hybridized carbons (Fsp3) is 0.333. The van der Waals surface area contributed by atoms with Crippen LogP contribution >= 0.6 is 0 Å². The monoisotopic (exact) mass is 237 g/mol. The number of rotatable bonds is 5. The van der Waals surface area contributed by atoms with Gasteiger partial charge < -0.3 is 14.4 Å². The molecule has 17 heavy (non-hydrogen) atoms. The zero-order chi connectivity index (χ0) is 12.8. The number of aldehydes is 1. The number of ether oxygens (including phenoxy) is 2. The van der Waals surface area contributed by atoms with Crippen molar-refractivity contribution < 1.29 is 19.1 Å². The van der Waals surface area contributed by atoms with Gasteiger partial charge in [0.1, 0.15) is 11.5 Å². The molecule has 0 fully saturated rings. The lowest BCUT2D eigenvalue weighted by atomic mass is 10.1. The number of hydrogen-bond acceptors (Lipinski definition) is 4. The van der Waals surface area contributed by atoms with Gasteiger partial charge in [-0.1, -0.05) is 0 Å². The summed E-state index contributed by atoms with van der Waals surface area (Å²) in [6.07, 6.45) is 0.284. The molecule has 0 aliphatic rings. The van der Waals surface area contributed by atoms with Gasteiger partial charge in [0.05, 0.1) is 14.2 Å². The molecule has 0 bridgehead atoms. The molecule has 5 heteroatoms. The summed E-state index contributed by atoms with van der Waals surface area (Å²) in [5, 5.41) is 0. The van der Waals surface area contributed by atoms with Crippen molar-refractivity contribution in [2.45, 2.75) is 6.54 Å². The molecule has 0 aromatic heterocycles. The maximum absolute atomic E-state index is 11.2. The standard InChI is InChI=1S/C12H15NO4/c1-13(12(15)8-14)7-9-6-10(16-2)4-5-11(9)17-3/h4-6,8H,7H2,1-3H3. The molecule has 92 valence electrons. The molecule has 1 aromatic carbocycles. The maximum Gasteiger partial charge on any atom is 0.286 e. The maximum atomic E-state index is 11.2. The molecule has 0 atom stereocenters. The molecule has 0 heterocycles. The summed E-state index contributed by atoms with van der Waals surface area (Å²) in [7, 11) is 4.66. The van der Waals surface area contributed by atoms with Gasteiger partial charge in [-0.15, -0.1) is 0 Å². The Morgan fingerprint density at radius 3 is 2.59 bits per heavy atom. The van der Waals surface area contributed by atoms with Crippen LogP contribution in [0.3, 0.4) is 0 Å². The van der Waals surface area contributed by atoms with Gasteiger partial charge in [-0.2, -0.15) is 0 Å². The van der Waals surface area contributed by atoms with Crippen LogP contribution in [0.2, 0.25) is 0 Å². The lowest BCUT2D eigenvalue weighted by molar-refractivity contribution is -0.138. The van der Waals surface area contributed by atoms with Crippen LogP contribution in [0.5, 0.6) is 11.5 Å². The largest absolute Gasteiger partial charge is 0.497 e. The fourth-order valence-electron chi connectivity index (χ4n) is 1.43. The summed E-state index contributed by atoms with van der Waals surface area (Å²) in [6.45, 7) is 0.290. The lowest BCUT2D eigenvalue weighted by Crippen LogP contribution is -2.27. The number of hydrogen-bond donors (Lipinski definition) is 0. The number of carbonyl (C=O) groups is 2. The highest BCUT2D eigenvalue weighted by Gasteiger charge is 2.11. The number of carbonyl (C=O) groups excluding carboxylic acids is 2. The normalized spacial score (nSPS) is 9.59. The zero-order valence-corrected chi connectivity index (χ0v) is 10.1. The van der Waals surface area contributed by atoms with Gasteiger partial charge in [0, 0.05) is 19.2 Å². The van der Waals surface area contributed by atoms with Crippen molar-refractivity contribution in [3.05, 3.63) is 23.8 Å². The Balaban J connectivity index is 2.94. The van der Waals surface area contributed by atoms with E-state index in [9.17, 15) is 9.59 Å². The Kier molecular flexibility index (Phi) is 4.51. The Morgan fingerprint density at radius 1 is 1.35 bits per heavy atom. The van der Waals surface area contributed by atoms with E-state index in [0.717, 1.165) is 5.56 Å². The Morgan fingerprint density at radius 2 is 2.06 bits per heavy atom. The van der Waals surface area contributed by atoms with Crippen molar-refractivity contribution in [3.8, 4) is 11.5 Å². The topological polar surface area (TPSA) is 55.8 Å². The minimum atomic E-state index is -0.574. The summed E-state index contributed by atoms with van der Waals surface area (Å²) in [5.41, 5.74) is 0.782. The molecule has 0 saturated carbocycles. The van der Waals surface area contributed by atoms with Gasteiger partial charge in [0.2, 0.25) is 6.29 Å². The highest BCUT2D eigenvalue weighted by Crippen LogP contribution is 2.24. The number of likely N-dealkylation sites (N-methyl/N-ethyl adjacent to an activating group) is 1. The van der Waals surface area contributed by atoms with E-state index in [2.05, 4.69) is 0 Å². The Bertz CT molecular complexity index is 417. The van der Waals surface area contributed by atoms with Crippen molar-refractivity contribution in [1.29, 1.82) is 0 Å². The Hall–Kier alpha value is -2.04. The van der Waals surface area contributed by atoms with Gasteiger partial charge in [0.25, 0.3) is 5.91 Å². The van der Waals surface area contributed by atoms with E-state index in [4.69, 9.17) is 9.47 Å². The molecule has 0 spiro atoms. The minimum Gasteiger partial charge on any atom is -0.497 e. The van der Waals surface area contributed by atoms with E-state index in [1.165, 1.54) is 4.90 Å². The van der Waals surface area contributed by atoms with Crippen LogP contribution in [0, 0.1) is 0 Å². The third kappa shape index (κ3) is 3.21. The molecule has 0 radical (unpaired) electrons. The SMILES string of the molecule is COc1ccc(OC)c(CN(C)C(=O)C=O)c1. The third-order valence-electron chi connectivity index (χ3n) is 2.37. The van der Waals surface area contributed by atoms with Gasteiger partial charge in [-0.3, -0.25) is 9.59 Å². The van der Waals surface area contributed by atoms with Crippen LogP contribution in [0.15, 0.2) is 18.2 Å². The van der Waals surface area contributed by atoms with E-state index in [1.807, 2.05) is 0 Å². The third-order valence-corrected chi connectivity index (χ3v) is 2.37. The zero-order valence-electron chi connectivity index (χ0n) is 10.1. The van der Waals surface area contributed by atoms with E-state index in [-0.39, 0.29) is 12.8 Å². The van der Waals surface area contributed by atoms with Crippen LogP contribution in [0.4, 0.5) is 0 Å². The van der Waals surface area contributed by atoms with Crippen molar-refractivity contribution in [3.63, 3.8) is 0 Å². The van der Waals surface area contributed by atoms with Crippen LogP contribution in [-0.2, 0) is 16.1 Å². The molecule has 1 aromatic rings. The highest BCUT2D eigenvalue weighted by molar-refractivity contribution is 6.23. The first-order chi connectivity index (χ1) is 8.12. The smallest absolute Gasteiger partial charge is 0.286 e. The summed E-state index contributed by atoms with van der Waals surface area (Å²) in [6, 6.07) is 5.30. The van der Waals surface area contributed by atoms with Crippen LogP contribution in [0.25, 0.3) is 0 Å². The molecule has 1 amide bonds. The Labute approximate surface area is 99.9 Å². The molecule has 5 nitrogen and oxygen atoms in total. The van der Waals surface area contributed by atoms with Crippen molar-refractivity contribution in [2.24, 2.45) is 0 Å². The van der Waals surface area contributed by atoms with Crippen molar-refractivity contribution >= 4 is 12.2 Å². The average molecular weight is 237 g/mol. The summed E-state index contributed by atoms with van der Waals surface area (Å²) < 4.78 is 10.3. The van der Waals surface area contributed by atoms with E-state index < -0.39 is 5.91 Å². The van der Waals surface area contributed by atoms with Gasteiger partial charge >= 0.3 is 0 Å². The quantitative estimate of drug-likeness (QED) is 0.563. The number of amides is 1. The average Bonchev–Trinajstić information content (AvgIpc) is 2.37. The molecule has 1 rings (SSSR count). The molecule has 0 unspecified atom stereocenters. The highest BCUT2D eigenvalue weighted by atomic mass is 16.5. The molecule has 0 aliphatic carbocycles. The van der Waals surface area contributed by atoms with E-state index in [0.29, 0.717) is 11.5 Å². The molecule has 0 aliphatic heterocycles. The molecule has 0 N–H and O–H groups in total. The molecular formula is C12H15NO4. The number of nitrogens with zero attached hydrogens (tertiary/aromatic N) is 1. The van der Waals surface area contributed by atoms with Crippen LogP contribution < -0.4 is 9.47 Å². The first-order valence-corrected chi connectivity index (χ1v) is 5.03. The lowest BCUT2D eigenvalue weighted by Gasteiger charge is -2.16. The first kappa shape index (κ1) is 13.0. The predicted octanol–water partition coefficient (Wildman–Crippen LogP) is 0.861. The van der Waals surface area contributed by atoms with E-state index >= 15 is 0 Å². The number of benzene rings is 1. The summed E-state index contributed by atoms with van der Waals surface area (Å²) in [4.78, 5) is 22.8. The van der Waals surface area contributed by atoms with Crippen molar-refractivity contribution in [2.75, 3.05) is 21.3 Å². The molecule has 0 saturated heterocycles. The van der Waals surface area contributed by atoms with Crippen molar-refractivity contribution in [1.82, 2.24) is 4.90 Å². The second-order valence-electron chi connectivity index (χ2n) is 3.49. The summed E-state index contributed by atoms with van der Waals surface area (Å²) >= 11 is 0.